The first-order chi connectivity index (χ1) is 8.35. The minimum atomic E-state index is -0.450. The normalized spacial score (nSPS) is 23.1. The molecule has 0 spiro atoms. The molecule has 6 nitrogen and oxygen atoms in total. The van der Waals surface area contributed by atoms with Crippen LogP contribution in [-0.4, -0.2) is 53.1 Å². The van der Waals surface area contributed by atoms with Gasteiger partial charge in [0.1, 0.15) is 11.4 Å². The zero-order valence-corrected chi connectivity index (χ0v) is 12.6. The van der Waals surface area contributed by atoms with E-state index in [2.05, 4.69) is 5.10 Å². The summed E-state index contributed by atoms with van der Waals surface area (Å²) in [5.74, 6) is 0.658. The molecule has 1 saturated heterocycles. The third-order valence-electron chi connectivity index (χ3n) is 3.02. The number of halogens is 1. The van der Waals surface area contributed by atoms with Gasteiger partial charge in [0, 0.05) is 26.1 Å². The van der Waals surface area contributed by atoms with Crippen molar-refractivity contribution in [3.63, 3.8) is 0 Å². The second-order valence-electron chi connectivity index (χ2n) is 5.89. The number of hydrazone groups is 1. The molecule has 1 amide bonds. The van der Waals surface area contributed by atoms with Gasteiger partial charge in [-0.05, 0) is 27.2 Å². The summed E-state index contributed by atoms with van der Waals surface area (Å²) < 4.78 is 5.41. The number of nitrogens with zero attached hydrogens (tertiary/aromatic N) is 3. The largest absolute Gasteiger partial charge is 0.444 e. The lowest BCUT2D eigenvalue weighted by Crippen LogP contribution is -2.42. The van der Waals surface area contributed by atoms with Crippen LogP contribution in [0.25, 0.3) is 0 Å². The molecule has 1 atom stereocenters. The molecule has 19 heavy (non-hydrogen) atoms. The van der Waals surface area contributed by atoms with Gasteiger partial charge in [-0.1, -0.05) is 0 Å². The van der Waals surface area contributed by atoms with Crippen molar-refractivity contribution < 1.29 is 9.53 Å². The van der Waals surface area contributed by atoms with Gasteiger partial charge in [0.15, 0.2) is 0 Å². The van der Waals surface area contributed by atoms with Gasteiger partial charge >= 0.3 is 6.09 Å². The Balaban J connectivity index is 0.00000180. The lowest BCUT2D eigenvalue weighted by atomic mass is 10.2. The molecule has 2 rings (SSSR count). The number of carbonyl (C=O) groups is 1. The van der Waals surface area contributed by atoms with Gasteiger partial charge in [-0.2, -0.15) is 5.10 Å². The number of fused-ring (bicyclic) bond motifs is 1. The highest BCUT2D eigenvalue weighted by Crippen LogP contribution is 2.20. The molecule has 1 fully saturated rings. The van der Waals surface area contributed by atoms with Crippen LogP contribution in [-0.2, 0) is 4.74 Å². The van der Waals surface area contributed by atoms with Crippen LogP contribution in [0.2, 0.25) is 0 Å². The van der Waals surface area contributed by atoms with Crippen LogP contribution in [0.4, 0.5) is 4.79 Å². The predicted octanol–water partition coefficient (Wildman–Crippen LogP) is 1.40. The van der Waals surface area contributed by atoms with Crippen molar-refractivity contribution >= 4 is 24.3 Å². The van der Waals surface area contributed by atoms with Gasteiger partial charge in [-0.15, -0.1) is 12.4 Å². The summed E-state index contributed by atoms with van der Waals surface area (Å²) in [6.07, 6.45) is 1.39. The van der Waals surface area contributed by atoms with Crippen LogP contribution in [0, 0.1) is 0 Å². The molecule has 2 aliphatic rings. The number of ether oxygens (including phenoxy) is 1. The molecule has 0 aliphatic carbocycles. The predicted molar refractivity (Wildman–Crippen MR) is 76.4 cm³/mol. The van der Waals surface area contributed by atoms with Gasteiger partial charge in [-0.25, -0.2) is 4.79 Å². The van der Waals surface area contributed by atoms with Crippen LogP contribution in [0.5, 0.6) is 0 Å². The van der Waals surface area contributed by atoms with E-state index in [4.69, 9.17) is 10.5 Å². The maximum absolute atomic E-state index is 12.1. The van der Waals surface area contributed by atoms with Gasteiger partial charge in [-0.3, -0.25) is 5.01 Å². The summed E-state index contributed by atoms with van der Waals surface area (Å²) in [6.45, 7) is 7.85. The van der Waals surface area contributed by atoms with Gasteiger partial charge < -0.3 is 15.4 Å². The number of carbonyl (C=O) groups excluding carboxylic acids is 1. The standard InChI is InChI=1S/C12H22N4O2.ClH/c1-12(2,3)18-11(17)15-5-4-6-16-9(8-15)7-10(13)14-16;/h9H,4-8H2,1-3H3,(H2,13,14);1H. The van der Waals surface area contributed by atoms with Gasteiger partial charge in [0.2, 0.25) is 0 Å². The van der Waals surface area contributed by atoms with E-state index in [1.807, 2.05) is 25.8 Å². The SMILES string of the molecule is CC(C)(C)OC(=O)N1CCCN2N=C(N)CC2C1.Cl. The highest BCUT2D eigenvalue weighted by atomic mass is 35.5. The van der Waals surface area contributed by atoms with Crippen molar-refractivity contribution in [2.24, 2.45) is 10.8 Å². The fourth-order valence-corrected chi connectivity index (χ4v) is 2.29. The Kier molecular flexibility index (Phi) is 4.90. The van der Waals surface area contributed by atoms with Crippen molar-refractivity contribution in [3.05, 3.63) is 0 Å². The number of amidine groups is 1. The Morgan fingerprint density at radius 2 is 2.11 bits per heavy atom. The van der Waals surface area contributed by atoms with E-state index < -0.39 is 5.60 Å². The Bertz CT molecular complexity index is 367. The van der Waals surface area contributed by atoms with E-state index in [9.17, 15) is 4.79 Å². The Labute approximate surface area is 120 Å². The lowest BCUT2D eigenvalue weighted by molar-refractivity contribution is 0.0237. The number of hydrogen-bond donors (Lipinski definition) is 1. The smallest absolute Gasteiger partial charge is 0.410 e. The topological polar surface area (TPSA) is 71.2 Å². The van der Waals surface area contributed by atoms with Crippen molar-refractivity contribution in [1.29, 1.82) is 0 Å². The summed E-state index contributed by atoms with van der Waals surface area (Å²) in [5.41, 5.74) is 5.29. The first-order valence-corrected chi connectivity index (χ1v) is 6.43. The molecule has 7 heteroatoms. The molecule has 0 aromatic heterocycles. The second kappa shape index (κ2) is 5.86. The first-order valence-electron chi connectivity index (χ1n) is 6.43. The molecule has 0 aromatic carbocycles. The molecule has 110 valence electrons. The van der Waals surface area contributed by atoms with E-state index >= 15 is 0 Å². The van der Waals surface area contributed by atoms with E-state index in [0.29, 0.717) is 12.4 Å². The zero-order valence-electron chi connectivity index (χ0n) is 11.8. The maximum Gasteiger partial charge on any atom is 0.410 e. The minimum absolute atomic E-state index is 0. The third-order valence-corrected chi connectivity index (χ3v) is 3.02. The molecule has 0 saturated carbocycles. The molecule has 0 aromatic rings. The summed E-state index contributed by atoms with van der Waals surface area (Å²) in [5, 5.41) is 6.29. The Morgan fingerprint density at radius 1 is 1.42 bits per heavy atom. The molecular weight excluding hydrogens is 268 g/mol. The van der Waals surface area contributed by atoms with Crippen LogP contribution in [0.1, 0.15) is 33.6 Å². The molecule has 2 heterocycles. The van der Waals surface area contributed by atoms with Crippen molar-refractivity contribution in [3.8, 4) is 0 Å². The van der Waals surface area contributed by atoms with Crippen LogP contribution in [0.3, 0.4) is 0 Å². The molecule has 0 bridgehead atoms. The average Bonchev–Trinajstić information content (AvgIpc) is 2.43. The quantitative estimate of drug-likeness (QED) is 0.732. The first kappa shape index (κ1) is 15.9. The molecule has 2 aliphatic heterocycles. The number of hydrogen-bond acceptors (Lipinski definition) is 5. The van der Waals surface area contributed by atoms with Crippen LogP contribution >= 0.6 is 12.4 Å². The van der Waals surface area contributed by atoms with Crippen LogP contribution in [0.15, 0.2) is 5.10 Å². The lowest BCUT2D eigenvalue weighted by Gasteiger charge is -2.28. The summed E-state index contributed by atoms with van der Waals surface area (Å²) in [6, 6.07) is 0.208. The number of amides is 1. The van der Waals surface area contributed by atoms with E-state index in [-0.39, 0.29) is 24.5 Å². The van der Waals surface area contributed by atoms with E-state index in [0.717, 1.165) is 25.9 Å². The zero-order chi connectivity index (χ0) is 13.3. The Hall–Kier alpha value is -1.17. The Morgan fingerprint density at radius 3 is 2.74 bits per heavy atom. The average molecular weight is 291 g/mol. The van der Waals surface area contributed by atoms with Crippen LogP contribution < -0.4 is 5.73 Å². The van der Waals surface area contributed by atoms with Crippen molar-refractivity contribution in [2.75, 3.05) is 19.6 Å². The molecule has 0 radical (unpaired) electrons. The molecule has 1 unspecified atom stereocenters. The van der Waals surface area contributed by atoms with Gasteiger partial charge in [0.05, 0.1) is 6.04 Å². The molecular formula is C12H23ClN4O2. The molecule has 2 N–H and O–H groups in total. The highest BCUT2D eigenvalue weighted by Gasteiger charge is 2.32. The highest BCUT2D eigenvalue weighted by molar-refractivity contribution is 5.85. The minimum Gasteiger partial charge on any atom is -0.444 e. The fraction of sp³-hybridized carbons (Fsp3) is 0.833. The van der Waals surface area contributed by atoms with Crippen molar-refractivity contribution in [2.45, 2.75) is 45.3 Å². The number of rotatable bonds is 0. The fourth-order valence-electron chi connectivity index (χ4n) is 2.29. The summed E-state index contributed by atoms with van der Waals surface area (Å²) in [4.78, 5) is 13.8. The van der Waals surface area contributed by atoms with E-state index in [1.54, 1.807) is 4.90 Å². The van der Waals surface area contributed by atoms with E-state index in [1.165, 1.54) is 0 Å². The maximum atomic E-state index is 12.1. The summed E-state index contributed by atoms with van der Waals surface area (Å²) in [7, 11) is 0. The monoisotopic (exact) mass is 290 g/mol. The second-order valence-corrected chi connectivity index (χ2v) is 5.89. The number of nitrogens with two attached hydrogens (primary N) is 1. The third kappa shape index (κ3) is 4.16. The van der Waals surface area contributed by atoms with Gasteiger partial charge in [0.25, 0.3) is 0 Å². The summed E-state index contributed by atoms with van der Waals surface area (Å²) >= 11 is 0. The van der Waals surface area contributed by atoms with Crippen molar-refractivity contribution in [1.82, 2.24) is 9.91 Å².